The number of carbonyl (C=O) groups excluding carboxylic acids is 1. The Morgan fingerprint density at radius 1 is 1.06 bits per heavy atom. The molecule has 0 bridgehead atoms. The summed E-state index contributed by atoms with van der Waals surface area (Å²) in [5.74, 6) is 0.683. The summed E-state index contributed by atoms with van der Waals surface area (Å²) in [6, 6.07) is 14.8. The lowest BCUT2D eigenvalue weighted by atomic mass is 10.0. The molecule has 1 aliphatic heterocycles. The molecule has 1 N–H and O–H groups in total. The van der Waals surface area contributed by atoms with Crippen LogP contribution in [0.25, 0.3) is 16.7 Å². The Kier molecular flexibility index (Phi) is 5.56. The van der Waals surface area contributed by atoms with Crippen LogP contribution < -0.4 is 5.32 Å². The van der Waals surface area contributed by atoms with Gasteiger partial charge in [0.25, 0.3) is 0 Å². The third-order valence-electron chi connectivity index (χ3n) is 5.57. The molecule has 5 rings (SSSR count). The molecular weight excluding hydrogens is 392 g/mol. The number of anilines is 1. The van der Waals surface area contributed by atoms with Gasteiger partial charge in [-0.25, -0.2) is 4.98 Å². The van der Waals surface area contributed by atoms with Crippen LogP contribution in [0.2, 0.25) is 0 Å². The van der Waals surface area contributed by atoms with Gasteiger partial charge in [-0.15, -0.1) is 10.2 Å². The molecule has 2 aromatic heterocycles. The van der Waals surface area contributed by atoms with Crippen molar-refractivity contribution in [2.45, 2.75) is 6.42 Å². The number of ketones is 1. The fourth-order valence-corrected chi connectivity index (χ4v) is 3.90. The summed E-state index contributed by atoms with van der Waals surface area (Å²) in [5.41, 5.74) is 3.52. The summed E-state index contributed by atoms with van der Waals surface area (Å²) in [7, 11) is 0. The molecule has 158 valence electrons. The second-order valence-corrected chi connectivity index (χ2v) is 7.62. The van der Waals surface area contributed by atoms with Crippen LogP contribution in [0.5, 0.6) is 0 Å². The van der Waals surface area contributed by atoms with Crippen LogP contribution in [0, 0.1) is 0 Å². The number of nitrogens with one attached hydrogen (secondary N) is 1. The molecule has 0 saturated carbocycles. The highest BCUT2D eigenvalue weighted by molar-refractivity contribution is 6.10. The van der Waals surface area contributed by atoms with Crippen molar-refractivity contribution in [1.29, 1.82) is 0 Å². The molecule has 0 spiro atoms. The van der Waals surface area contributed by atoms with Gasteiger partial charge in [0.2, 0.25) is 5.65 Å². The second-order valence-electron chi connectivity index (χ2n) is 7.62. The molecule has 8 nitrogen and oxygen atoms in total. The van der Waals surface area contributed by atoms with Crippen molar-refractivity contribution < 1.29 is 9.53 Å². The van der Waals surface area contributed by atoms with Gasteiger partial charge in [0, 0.05) is 30.8 Å². The Balaban J connectivity index is 1.37. The smallest absolute Gasteiger partial charge is 0.203 e. The lowest BCUT2D eigenvalue weighted by Crippen LogP contribution is -2.37. The van der Waals surface area contributed by atoms with E-state index in [1.54, 1.807) is 6.33 Å². The zero-order chi connectivity index (χ0) is 21.0. The SMILES string of the molecule is O=C(c1ccccc1)c1ccc2nc(NCCCN3CCOCC3)c3nncn3c2c1. The van der Waals surface area contributed by atoms with Gasteiger partial charge in [-0.3, -0.25) is 14.1 Å². The van der Waals surface area contributed by atoms with Crippen LogP contribution in [0.1, 0.15) is 22.3 Å². The Morgan fingerprint density at radius 3 is 2.74 bits per heavy atom. The van der Waals surface area contributed by atoms with Crippen LogP contribution >= 0.6 is 0 Å². The third kappa shape index (κ3) is 4.12. The summed E-state index contributed by atoms with van der Waals surface area (Å²) in [4.78, 5) is 20.0. The molecular formula is C23H24N6O2. The van der Waals surface area contributed by atoms with Crippen molar-refractivity contribution in [1.82, 2.24) is 24.5 Å². The van der Waals surface area contributed by atoms with Gasteiger partial charge in [-0.05, 0) is 31.2 Å². The molecule has 0 amide bonds. The maximum atomic E-state index is 12.9. The molecule has 3 heterocycles. The number of hydrogen-bond donors (Lipinski definition) is 1. The van der Waals surface area contributed by atoms with Crippen LogP contribution in [0.15, 0.2) is 54.9 Å². The number of rotatable bonds is 7. The summed E-state index contributed by atoms with van der Waals surface area (Å²) in [6.45, 7) is 5.43. The number of hydrogen-bond acceptors (Lipinski definition) is 7. The fourth-order valence-electron chi connectivity index (χ4n) is 3.90. The van der Waals surface area contributed by atoms with Crippen molar-refractivity contribution in [2.24, 2.45) is 0 Å². The average Bonchev–Trinajstić information content (AvgIpc) is 3.33. The van der Waals surface area contributed by atoms with E-state index in [4.69, 9.17) is 9.72 Å². The number of ether oxygens (including phenoxy) is 1. The average molecular weight is 416 g/mol. The van der Waals surface area contributed by atoms with Gasteiger partial charge in [-0.2, -0.15) is 0 Å². The molecule has 0 atom stereocenters. The van der Waals surface area contributed by atoms with Gasteiger partial charge in [-0.1, -0.05) is 30.3 Å². The van der Waals surface area contributed by atoms with Crippen LogP contribution in [0.3, 0.4) is 0 Å². The third-order valence-corrected chi connectivity index (χ3v) is 5.57. The van der Waals surface area contributed by atoms with Crippen molar-refractivity contribution in [3.05, 3.63) is 66.0 Å². The first-order chi connectivity index (χ1) is 15.3. The molecule has 2 aromatic carbocycles. The maximum absolute atomic E-state index is 12.9. The molecule has 0 aliphatic carbocycles. The van der Waals surface area contributed by atoms with E-state index >= 15 is 0 Å². The second kappa shape index (κ2) is 8.79. The standard InChI is InChI=1S/C23H24N6O2/c30-21(17-5-2-1-3-6-17)18-7-8-19-20(15-18)29-16-25-27-23(29)22(26-19)24-9-4-10-28-11-13-31-14-12-28/h1-3,5-8,15-16H,4,9-14H2,(H,24,26). The van der Waals surface area contributed by atoms with E-state index in [1.165, 1.54) is 0 Å². The van der Waals surface area contributed by atoms with Gasteiger partial charge < -0.3 is 10.1 Å². The zero-order valence-corrected chi connectivity index (χ0v) is 17.2. The van der Waals surface area contributed by atoms with Gasteiger partial charge in [0.05, 0.1) is 24.2 Å². The first-order valence-electron chi connectivity index (χ1n) is 10.6. The lowest BCUT2D eigenvalue weighted by Gasteiger charge is -2.26. The Labute approximate surface area is 179 Å². The summed E-state index contributed by atoms with van der Waals surface area (Å²) < 4.78 is 7.28. The van der Waals surface area contributed by atoms with Crippen molar-refractivity contribution in [3.8, 4) is 0 Å². The maximum Gasteiger partial charge on any atom is 0.203 e. The van der Waals surface area contributed by atoms with E-state index in [2.05, 4.69) is 20.4 Å². The quantitative estimate of drug-likeness (QED) is 0.366. The minimum atomic E-state index is -0.0194. The van der Waals surface area contributed by atoms with Gasteiger partial charge >= 0.3 is 0 Å². The Bertz CT molecular complexity index is 1200. The van der Waals surface area contributed by atoms with Crippen molar-refractivity contribution >= 4 is 28.3 Å². The van der Waals surface area contributed by atoms with Gasteiger partial charge in [0.1, 0.15) is 6.33 Å². The zero-order valence-electron chi connectivity index (χ0n) is 17.2. The van der Waals surface area contributed by atoms with E-state index in [-0.39, 0.29) is 5.78 Å². The molecule has 0 radical (unpaired) electrons. The predicted molar refractivity (Wildman–Crippen MR) is 119 cm³/mol. The monoisotopic (exact) mass is 416 g/mol. The summed E-state index contributed by atoms with van der Waals surface area (Å²) in [6.07, 6.45) is 2.67. The van der Waals surface area contributed by atoms with Crippen LogP contribution in [-0.2, 0) is 4.74 Å². The highest BCUT2D eigenvalue weighted by Gasteiger charge is 2.15. The minimum Gasteiger partial charge on any atom is -0.379 e. The Morgan fingerprint density at radius 2 is 1.90 bits per heavy atom. The highest BCUT2D eigenvalue weighted by Crippen LogP contribution is 2.22. The molecule has 1 fully saturated rings. The number of fused-ring (bicyclic) bond motifs is 3. The molecule has 31 heavy (non-hydrogen) atoms. The highest BCUT2D eigenvalue weighted by atomic mass is 16.5. The molecule has 1 saturated heterocycles. The number of aromatic nitrogens is 4. The van der Waals surface area contributed by atoms with E-state index in [0.717, 1.165) is 56.8 Å². The topological polar surface area (TPSA) is 84.7 Å². The first-order valence-corrected chi connectivity index (χ1v) is 10.6. The van der Waals surface area contributed by atoms with Crippen molar-refractivity contribution in [2.75, 3.05) is 44.7 Å². The lowest BCUT2D eigenvalue weighted by molar-refractivity contribution is 0.0378. The summed E-state index contributed by atoms with van der Waals surface area (Å²) >= 11 is 0. The molecule has 0 unspecified atom stereocenters. The van der Waals surface area contributed by atoms with Crippen LogP contribution in [-0.4, -0.2) is 69.7 Å². The van der Waals surface area contributed by atoms with E-state index in [9.17, 15) is 4.79 Å². The fraction of sp³-hybridized carbons (Fsp3) is 0.304. The molecule has 8 heteroatoms. The predicted octanol–water partition coefficient (Wildman–Crippen LogP) is 2.64. The molecule has 4 aromatic rings. The minimum absolute atomic E-state index is 0.0194. The number of carbonyl (C=O) groups is 1. The van der Waals surface area contributed by atoms with Crippen LogP contribution in [0.4, 0.5) is 5.82 Å². The summed E-state index contributed by atoms with van der Waals surface area (Å²) in [5, 5.41) is 11.7. The van der Waals surface area contributed by atoms with E-state index in [0.29, 0.717) is 22.6 Å². The van der Waals surface area contributed by atoms with Gasteiger partial charge in [0.15, 0.2) is 11.6 Å². The molecule has 1 aliphatic rings. The Hall–Kier alpha value is -3.36. The number of benzene rings is 2. The van der Waals surface area contributed by atoms with Crippen molar-refractivity contribution in [3.63, 3.8) is 0 Å². The van der Waals surface area contributed by atoms with E-state index < -0.39 is 0 Å². The number of morpholine rings is 1. The van der Waals surface area contributed by atoms with E-state index in [1.807, 2.05) is 52.9 Å². The normalized spacial score (nSPS) is 14.8. The number of nitrogens with zero attached hydrogens (tertiary/aromatic N) is 5. The largest absolute Gasteiger partial charge is 0.379 e. The first kappa shape index (κ1) is 19.6.